The Hall–Kier alpha value is -1.98. The lowest BCUT2D eigenvalue weighted by molar-refractivity contribution is -0.147. The molecule has 36 heavy (non-hydrogen) atoms. The average molecular weight is 507 g/mol. The quantitative estimate of drug-likeness (QED) is 0.192. The number of carbonyl (C=O) groups excluding carboxylic acids is 2. The van der Waals surface area contributed by atoms with Crippen LogP contribution in [0.1, 0.15) is 118 Å². The third-order valence-electron chi connectivity index (χ3n) is 7.81. The Kier molecular flexibility index (Phi) is 14.2. The minimum absolute atomic E-state index is 0.0628. The molecule has 2 fully saturated rings. The van der Waals surface area contributed by atoms with Gasteiger partial charge in [0.05, 0.1) is 11.3 Å². The van der Waals surface area contributed by atoms with Crippen molar-refractivity contribution in [3.63, 3.8) is 0 Å². The van der Waals surface area contributed by atoms with Gasteiger partial charge in [0.1, 0.15) is 11.6 Å². The van der Waals surface area contributed by atoms with E-state index in [2.05, 4.69) is 13.8 Å². The molecular formula is C30H50O6. The fourth-order valence-electron chi connectivity index (χ4n) is 5.19. The van der Waals surface area contributed by atoms with E-state index in [4.69, 9.17) is 5.11 Å². The highest BCUT2D eigenvalue weighted by Gasteiger charge is 2.35. The van der Waals surface area contributed by atoms with Gasteiger partial charge in [-0.2, -0.15) is 0 Å². The topological polar surface area (TPSA) is 109 Å². The van der Waals surface area contributed by atoms with Crippen molar-refractivity contribution in [1.29, 1.82) is 0 Å². The van der Waals surface area contributed by atoms with Crippen molar-refractivity contribution in [2.45, 2.75) is 118 Å². The van der Waals surface area contributed by atoms with Crippen LogP contribution in [0.2, 0.25) is 0 Å². The second kappa shape index (κ2) is 16.0. The van der Waals surface area contributed by atoms with Crippen LogP contribution in [-0.4, -0.2) is 33.7 Å². The first-order valence-corrected chi connectivity index (χ1v) is 14.2. The van der Waals surface area contributed by atoms with Gasteiger partial charge >= 0.3 is 11.9 Å². The van der Waals surface area contributed by atoms with Gasteiger partial charge in [-0.1, -0.05) is 65.0 Å². The number of ketones is 2. The van der Waals surface area contributed by atoms with Crippen LogP contribution < -0.4 is 0 Å². The van der Waals surface area contributed by atoms with E-state index < -0.39 is 17.4 Å². The highest BCUT2D eigenvalue weighted by atomic mass is 16.4. The molecule has 2 rings (SSSR count). The lowest BCUT2D eigenvalue weighted by atomic mass is 9.86. The maximum Gasteiger partial charge on any atom is 0.309 e. The van der Waals surface area contributed by atoms with E-state index in [0.29, 0.717) is 12.8 Å². The van der Waals surface area contributed by atoms with Crippen molar-refractivity contribution >= 4 is 23.5 Å². The Balaban J connectivity index is 0.00000205. The number of unbranched alkanes of at least 4 members (excludes halogenated alkanes) is 2. The third-order valence-corrected chi connectivity index (χ3v) is 7.81. The van der Waals surface area contributed by atoms with Crippen molar-refractivity contribution < 1.29 is 29.4 Å². The summed E-state index contributed by atoms with van der Waals surface area (Å²) in [6, 6.07) is 0. The average Bonchev–Trinajstić information content (AvgIpc) is 3.34. The van der Waals surface area contributed by atoms with Crippen LogP contribution in [0.4, 0.5) is 0 Å². The van der Waals surface area contributed by atoms with E-state index in [0.717, 1.165) is 64.2 Å². The number of hydrogen-bond acceptors (Lipinski definition) is 4. The number of carboxylic acids is 2. The molecule has 0 radical (unpaired) electrons. The molecule has 0 heterocycles. The van der Waals surface area contributed by atoms with Gasteiger partial charge in [0.25, 0.3) is 0 Å². The van der Waals surface area contributed by atoms with Gasteiger partial charge in [-0.15, -0.1) is 0 Å². The second-order valence-electron chi connectivity index (χ2n) is 11.6. The first-order valence-electron chi connectivity index (χ1n) is 14.2. The third kappa shape index (κ3) is 10.6. The Labute approximate surface area is 218 Å². The fourth-order valence-corrected chi connectivity index (χ4v) is 5.19. The molecule has 2 aliphatic carbocycles. The van der Waals surface area contributed by atoms with E-state index in [1.807, 2.05) is 12.2 Å². The van der Waals surface area contributed by atoms with Crippen LogP contribution >= 0.6 is 0 Å². The molecule has 2 aliphatic rings. The predicted octanol–water partition coefficient (Wildman–Crippen LogP) is 7.10. The van der Waals surface area contributed by atoms with Crippen molar-refractivity contribution in [2.75, 3.05) is 0 Å². The summed E-state index contributed by atoms with van der Waals surface area (Å²) < 4.78 is 0. The van der Waals surface area contributed by atoms with Crippen LogP contribution in [0.5, 0.6) is 0 Å². The van der Waals surface area contributed by atoms with E-state index in [-0.39, 0.29) is 41.2 Å². The Morgan fingerprint density at radius 1 is 0.861 bits per heavy atom. The summed E-state index contributed by atoms with van der Waals surface area (Å²) in [7, 11) is 0. The van der Waals surface area contributed by atoms with Crippen molar-refractivity contribution in [2.24, 2.45) is 35.0 Å². The molecule has 206 valence electrons. The van der Waals surface area contributed by atoms with Crippen LogP contribution in [-0.2, 0) is 19.2 Å². The van der Waals surface area contributed by atoms with Gasteiger partial charge in [0, 0.05) is 23.7 Å². The number of carbonyl (C=O) groups is 4. The summed E-state index contributed by atoms with van der Waals surface area (Å²) in [5.41, 5.74) is -0.715. The van der Waals surface area contributed by atoms with E-state index in [1.54, 1.807) is 20.8 Å². The minimum atomic E-state index is -0.777. The number of allylic oxidation sites excluding steroid dienone is 2. The number of rotatable bonds is 14. The predicted molar refractivity (Wildman–Crippen MR) is 143 cm³/mol. The highest BCUT2D eigenvalue weighted by molar-refractivity contribution is 5.88. The summed E-state index contributed by atoms with van der Waals surface area (Å²) in [5, 5.41) is 18.1. The number of carboxylic acid groups (broad SMARTS) is 2. The summed E-state index contributed by atoms with van der Waals surface area (Å²) in [4.78, 5) is 47.6. The van der Waals surface area contributed by atoms with E-state index >= 15 is 0 Å². The lowest BCUT2D eigenvalue weighted by Gasteiger charge is -2.19. The summed E-state index contributed by atoms with van der Waals surface area (Å²) in [6.45, 7) is 9.45. The summed E-state index contributed by atoms with van der Waals surface area (Å²) in [5.74, 6) is -1.35. The first kappa shape index (κ1) is 32.0. The number of Topliss-reactive ketones (excluding diaryl/α,β-unsaturated/α-hetero) is 2. The number of hydrogen-bond donors (Lipinski definition) is 2. The van der Waals surface area contributed by atoms with Crippen LogP contribution in [0, 0.1) is 35.0 Å². The van der Waals surface area contributed by atoms with E-state index in [1.165, 1.54) is 6.42 Å². The summed E-state index contributed by atoms with van der Waals surface area (Å²) in [6.07, 6.45) is 15.0. The first-order chi connectivity index (χ1) is 16.9. The molecule has 2 N–H and O–H groups in total. The van der Waals surface area contributed by atoms with E-state index in [9.17, 15) is 24.3 Å². The lowest BCUT2D eigenvalue weighted by Crippen LogP contribution is -2.23. The van der Waals surface area contributed by atoms with Crippen LogP contribution in [0.25, 0.3) is 0 Å². The molecule has 0 saturated heterocycles. The standard InChI is InChI=1S/C27H42O6.C3H8/c1-18(25(30)31)8-4-5-9-19-11-13-21(23(19)28)15-16-22-14-12-20(24(22)29)10-6-7-17-27(2,3)26(32)33;1-3-2/h15-16,18-22H,4-14,17H2,1-3H3,(H,30,31)(H,32,33);3H2,1-2H3/b16-15-;. The maximum absolute atomic E-state index is 12.8. The molecule has 0 aromatic rings. The van der Waals surface area contributed by atoms with Crippen LogP contribution in [0.15, 0.2) is 12.2 Å². The SMILES string of the molecule is CC(CCCCC1CCC(/C=C\C2CCC(CCCCC(C)(C)C(=O)O)C2=O)C1=O)C(=O)O.CCC. The van der Waals surface area contributed by atoms with Gasteiger partial charge in [0.15, 0.2) is 0 Å². The molecule has 0 aromatic carbocycles. The van der Waals surface area contributed by atoms with Crippen molar-refractivity contribution in [3.8, 4) is 0 Å². The molecule has 0 amide bonds. The molecule has 5 unspecified atom stereocenters. The molecule has 5 atom stereocenters. The van der Waals surface area contributed by atoms with Gasteiger partial charge in [-0.05, 0) is 65.2 Å². The Morgan fingerprint density at radius 3 is 1.72 bits per heavy atom. The molecule has 0 aromatic heterocycles. The van der Waals surface area contributed by atoms with Gasteiger partial charge in [-0.25, -0.2) is 0 Å². The molecule has 2 saturated carbocycles. The second-order valence-corrected chi connectivity index (χ2v) is 11.6. The maximum atomic E-state index is 12.8. The molecule has 6 heteroatoms. The molecule has 0 aliphatic heterocycles. The zero-order chi connectivity index (χ0) is 27.3. The molecule has 6 nitrogen and oxygen atoms in total. The molecule has 0 bridgehead atoms. The summed E-state index contributed by atoms with van der Waals surface area (Å²) >= 11 is 0. The van der Waals surface area contributed by atoms with Gasteiger partial charge in [-0.3, -0.25) is 19.2 Å². The van der Waals surface area contributed by atoms with Gasteiger partial charge < -0.3 is 10.2 Å². The zero-order valence-electron chi connectivity index (χ0n) is 23.3. The Bertz CT molecular complexity index is 753. The number of aliphatic carboxylic acids is 2. The Morgan fingerprint density at radius 2 is 1.31 bits per heavy atom. The molecule has 0 spiro atoms. The monoisotopic (exact) mass is 506 g/mol. The highest BCUT2D eigenvalue weighted by Crippen LogP contribution is 2.36. The molecular weight excluding hydrogens is 456 g/mol. The zero-order valence-corrected chi connectivity index (χ0v) is 23.3. The fraction of sp³-hybridized carbons (Fsp3) is 0.800. The smallest absolute Gasteiger partial charge is 0.309 e. The van der Waals surface area contributed by atoms with Crippen molar-refractivity contribution in [1.82, 2.24) is 0 Å². The largest absolute Gasteiger partial charge is 0.481 e. The van der Waals surface area contributed by atoms with Gasteiger partial charge in [0.2, 0.25) is 0 Å². The van der Waals surface area contributed by atoms with Crippen LogP contribution in [0.3, 0.4) is 0 Å². The normalized spacial score (nSPS) is 25.1. The minimum Gasteiger partial charge on any atom is -0.481 e. The van der Waals surface area contributed by atoms with Crippen molar-refractivity contribution in [3.05, 3.63) is 12.2 Å².